The first-order valence-corrected chi connectivity index (χ1v) is 7.74. The van der Waals surface area contributed by atoms with E-state index in [1.54, 1.807) is 0 Å². The summed E-state index contributed by atoms with van der Waals surface area (Å²) in [5.41, 5.74) is 2.15. The summed E-state index contributed by atoms with van der Waals surface area (Å²) >= 11 is 0. The number of rotatable bonds is 4. The first-order valence-electron chi connectivity index (χ1n) is 7.74. The highest BCUT2D eigenvalue weighted by Crippen LogP contribution is 2.28. The third-order valence-electron chi connectivity index (χ3n) is 3.72. The first kappa shape index (κ1) is 15.6. The second kappa shape index (κ2) is 6.08. The van der Waals surface area contributed by atoms with Crippen molar-refractivity contribution in [1.29, 1.82) is 0 Å². The number of nitrogens with zero attached hydrogens (tertiary/aromatic N) is 5. The molecule has 0 saturated heterocycles. The van der Waals surface area contributed by atoms with Crippen molar-refractivity contribution in [2.45, 2.75) is 39.3 Å². The Bertz CT molecular complexity index is 697. The lowest BCUT2D eigenvalue weighted by atomic mass is 9.95. The van der Waals surface area contributed by atoms with Gasteiger partial charge in [0.1, 0.15) is 23.8 Å². The topological polar surface area (TPSA) is 87.1 Å². The smallest absolute Gasteiger partial charge is 0.134 e. The van der Waals surface area contributed by atoms with Gasteiger partial charge in [0.15, 0.2) is 0 Å². The molecule has 1 aliphatic heterocycles. The third-order valence-corrected chi connectivity index (χ3v) is 3.72. The number of aliphatic hydroxyl groups is 1. The van der Waals surface area contributed by atoms with Crippen LogP contribution in [0.4, 0.5) is 11.6 Å². The van der Waals surface area contributed by atoms with Crippen LogP contribution in [0.3, 0.4) is 0 Å². The van der Waals surface area contributed by atoms with Crippen LogP contribution in [0.15, 0.2) is 18.6 Å². The summed E-state index contributed by atoms with van der Waals surface area (Å²) in [5, 5.41) is 11.9. The lowest BCUT2D eigenvalue weighted by Gasteiger charge is -2.17. The molecule has 2 N–H and O–H groups in total. The van der Waals surface area contributed by atoms with Crippen molar-refractivity contribution < 1.29 is 5.11 Å². The molecule has 0 aromatic carbocycles. The summed E-state index contributed by atoms with van der Waals surface area (Å²) < 4.78 is 0. The van der Waals surface area contributed by atoms with Gasteiger partial charge < -0.3 is 15.3 Å². The SMILES string of the molecule is CC(C)(C)c1ncc2c(n1)CN(c1cc(NCCO)ncn1)C2. The van der Waals surface area contributed by atoms with E-state index in [9.17, 15) is 0 Å². The van der Waals surface area contributed by atoms with Crippen molar-refractivity contribution in [1.82, 2.24) is 19.9 Å². The number of fused-ring (bicyclic) bond motifs is 1. The highest BCUT2D eigenvalue weighted by molar-refractivity contribution is 5.51. The molecule has 1 aliphatic rings. The summed E-state index contributed by atoms with van der Waals surface area (Å²) in [4.78, 5) is 19.9. The fourth-order valence-corrected chi connectivity index (χ4v) is 2.48. The Balaban J connectivity index is 1.79. The van der Waals surface area contributed by atoms with Crippen LogP contribution in [0.2, 0.25) is 0 Å². The number of nitrogens with one attached hydrogen (secondary N) is 1. The molecule has 2 aromatic rings. The molecule has 0 bridgehead atoms. The number of anilines is 2. The van der Waals surface area contributed by atoms with E-state index in [-0.39, 0.29) is 12.0 Å². The van der Waals surface area contributed by atoms with Gasteiger partial charge in [-0.15, -0.1) is 0 Å². The third kappa shape index (κ3) is 3.39. The van der Waals surface area contributed by atoms with Gasteiger partial charge in [-0.25, -0.2) is 19.9 Å². The van der Waals surface area contributed by atoms with Crippen molar-refractivity contribution in [3.05, 3.63) is 35.7 Å². The molecule has 0 amide bonds. The molecule has 7 heteroatoms. The fourth-order valence-electron chi connectivity index (χ4n) is 2.48. The van der Waals surface area contributed by atoms with E-state index < -0.39 is 0 Å². The van der Waals surface area contributed by atoms with E-state index in [0.29, 0.717) is 12.4 Å². The van der Waals surface area contributed by atoms with Crippen LogP contribution in [0, 0.1) is 0 Å². The monoisotopic (exact) mass is 314 g/mol. The predicted octanol–water partition coefficient (Wildman–Crippen LogP) is 1.49. The Labute approximate surface area is 135 Å². The molecule has 0 fully saturated rings. The van der Waals surface area contributed by atoms with Crippen LogP contribution in [-0.4, -0.2) is 38.2 Å². The zero-order valence-corrected chi connectivity index (χ0v) is 13.7. The summed E-state index contributed by atoms with van der Waals surface area (Å²) in [6.07, 6.45) is 3.46. The largest absolute Gasteiger partial charge is 0.395 e. The predicted molar refractivity (Wildman–Crippen MR) is 88.2 cm³/mol. The Kier molecular flexibility index (Phi) is 4.12. The molecule has 0 atom stereocenters. The Morgan fingerprint density at radius 3 is 2.78 bits per heavy atom. The maximum atomic E-state index is 8.89. The molecular weight excluding hydrogens is 292 g/mol. The van der Waals surface area contributed by atoms with Gasteiger partial charge in [0.2, 0.25) is 0 Å². The van der Waals surface area contributed by atoms with Crippen LogP contribution >= 0.6 is 0 Å². The fraction of sp³-hybridized carbons (Fsp3) is 0.500. The van der Waals surface area contributed by atoms with Gasteiger partial charge in [0, 0.05) is 36.3 Å². The van der Waals surface area contributed by atoms with Gasteiger partial charge in [-0.3, -0.25) is 0 Å². The minimum absolute atomic E-state index is 0.0568. The minimum atomic E-state index is -0.0568. The van der Waals surface area contributed by atoms with E-state index >= 15 is 0 Å². The molecular formula is C16H22N6O. The first-order chi connectivity index (χ1) is 11.0. The van der Waals surface area contributed by atoms with Crippen molar-refractivity contribution in [3.63, 3.8) is 0 Å². The average molecular weight is 314 g/mol. The number of aliphatic hydroxyl groups excluding tert-OH is 1. The van der Waals surface area contributed by atoms with E-state index in [2.05, 4.69) is 45.9 Å². The van der Waals surface area contributed by atoms with Gasteiger partial charge in [-0.1, -0.05) is 20.8 Å². The van der Waals surface area contributed by atoms with E-state index in [1.807, 2.05) is 12.3 Å². The molecule has 23 heavy (non-hydrogen) atoms. The maximum absolute atomic E-state index is 8.89. The Morgan fingerprint density at radius 2 is 2.04 bits per heavy atom. The lowest BCUT2D eigenvalue weighted by molar-refractivity contribution is 0.311. The molecule has 2 aromatic heterocycles. The minimum Gasteiger partial charge on any atom is -0.395 e. The Hall–Kier alpha value is -2.28. The molecule has 0 unspecified atom stereocenters. The molecule has 0 aliphatic carbocycles. The number of aromatic nitrogens is 4. The van der Waals surface area contributed by atoms with Crippen LogP contribution in [0.5, 0.6) is 0 Å². The lowest BCUT2D eigenvalue weighted by Crippen LogP contribution is -2.18. The molecule has 0 spiro atoms. The highest BCUT2D eigenvalue weighted by Gasteiger charge is 2.25. The zero-order chi connectivity index (χ0) is 16.4. The summed E-state index contributed by atoms with van der Waals surface area (Å²) in [6, 6.07) is 1.89. The van der Waals surface area contributed by atoms with Crippen molar-refractivity contribution >= 4 is 11.6 Å². The number of hydrogen-bond donors (Lipinski definition) is 2. The summed E-state index contributed by atoms with van der Waals surface area (Å²) in [5.74, 6) is 2.42. The van der Waals surface area contributed by atoms with Crippen LogP contribution in [0.25, 0.3) is 0 Å². The summed E-state index contributed by atoms with van der Waals surface area (Å²) in [7, 11) is 0. The molecule has 122 valence electrons. The van der Waals surface area contributed by atoms with Crippen molar-refractivity contribution in [2.24, 2.45) is 0 Å². The van der Waals surface area contributed by atoms with Gasteiger partial charge in [0.25, 0.3) is 0 Å². The van der Waals surface area contributed by atoms with E-state index in [4.69, 9.17) is 10.1 Å². The molecule has 0 saturated carbocycles. The second-order valence-electron chi connectivity index (χ2n) is 6.68. The van der Waals surface area contributed by atoms with Gasteiger partial charge in [-0.2, -0.15) is 0 Å². The summed E-state index contributed by atoms with van der Waals surface area (Å²) in [6.45, 7) is 8.35. The molecule has 7 nitrogen and oxygen atoms in total. The van der Waals surface area contributed by atoms with E-state index in [1.165, 1.54) is 6.33 Å². The number of hydrogen-bond acceptors (Lipinski definition) is 7. The van der Waals surface area contributed by atoms with Crippen LogP contribution in [0.1, 0.15) is 37.9 Å². The van der Waals surface area contributed by atoms with Crippen molar-refractivity contribution in [2.75, 3.05) is 23.4 Å². The highest BCUT2D eigenvalue weighted by atomic mass is 16.3. The second-order valence-corrected chi connectivity index (χ2v) is 6.68. The van der Waals surface area contributed by atoms with Gasteiger partial charge in [0.05, 0.1) is 18.8 Å². The molecule has 3 rings (SSSR count). The molecule has 3 heterocycles. The quantitative estimate of drug-likeness (QED) is 0.884. The van der Waals surface area contributed by atoms with E-state index in [0.717, 1.165) is 36.0 Å². The molecule has 0 radical (unpaired) electrons. The standard InChI is InChI=1S/C16H22N6O/c1-16(2,3)15-18-7-11-8-22(9-12(11)21-15)14-6-13(17-4-5-23)19-10-20-14/h6-7,10,23H,4-5,8-9H2,1-3H3,(H,17,19,20). The average Bonchev–Trinajstić information content (AvgIpc) is 2.95. The maximum Gasteiger partial charge on any atom is 0.134 e. The van der Waals surface area contributed by atoms with Crippen molar-refractivity contribution in [3.8, 4) is 0 Å². The Morgan fingerprint density at radius 1 is 1.22 bits per heavy atom. The van der Waals surface area contributed by atoms with Crippen LogP contribution < -0.4 is 10.2 Å². The van der Waals surface area contributed by atoms with Gasteiger partial charge >= 0.3 is 0 Å². The van der Waals surface area contributed by atoms with Crippen LogP contribution in [-0.2, 0) is 18.5 Å². The zero-order valence-electron chi connectivity index (χ0n) is 13.7. The normalized spacial score (nSPS) is 14.0. The van der Waals surface area contributed by atoms with Gasteiger partial charge in [-0.05, 0) is 0 Å².